The molecule has 1 aromatic heterocycles. The Morgan fingerprint density at radius 2 is 1.59 bits per heavy atom. The SMILES string of the molecule is CCOC(=O)c1ccc2c(n1)CCCC2NCCc1cccc(OCc2ccc(CCc3ccc(C(F)(F)F)cc3)cc2)c1. The lowest BCUT2D eigenvalue weighted by Gasteiger charge is -2.26. The van der Waals surface area contributed by atoms with Crippen LogP contribution in [-0.4, -0.2) is 24.1 Å². The van der Waals surface area contributed by atoms with E-state index in [2.05, 4.69) is 22.4 Å². The molecule has 3 aromatic carbocycles. The van der Waals surface area contributed by atoms with Crippen molar-refractivity contribution < 1.29 is 27.4 Å². The molecule has 1 atom stereocenters. The molecule has 1 aliphatic carbocycles. The van der Waals surface area contributed by atoms with Crippen molar-refractivity contribution >= 4 is 5.97 Å². The third kappa shape index (κ3) is 8.47. The molecule has 0 radical (unpaired) electrons. The van der Waals surface area contributed by atoms with E-state index >= 15 is 0 Å². The van der Waals surface area contributed by atoms with Gasteiger partial charge in [-0.1, -0.05) is 54.6 Å². The van der Waals surface area contributed by atoms with Crippen molar-refractivity contribution in [3.05, 3.63) is 130 Å². The summed E-state index contributed by atoms with van der Waals surface area (Å²) in [6, 6.07) is 25.6. The number of hydrogen-bond acceptors (Lipinski definition) is 5. The van der Waals surface area contributed by atoms with Gasteiger partial charge in [-0.25, -0.2) is 9.78 Å². The number of hydrogen-bond donors (Lipinski definition) is 1. The predicted molar refractivity (Wildman–Crippen MR) is 164 cm³/mol. The van der Waals surface area contributed by atoms with E-state index in [1.54, 1.807) is 25.1 Å². The van der Waals surface area contributed by atoms with Gasteiger partial charge in [0.2, 0.25) is 0 Å². The van der Waals surface area contributed by atoms with Crippen LogP contribution in [0.4, 0.5) is 13.2 Å². The Bertz CT molecular complexity index is 1540. The maximum absolute atomic E-state index is 12.8. The van der Waals surface area contributed by atoms with Gasteiger partial charge in [0.15, 0.2) is 0 Å². The van der Waals surface area contributed by atoms with Crippen molar-refractivity contribution in [2.45, 2.75) is 64.3 Å². The summed E-state index contributed by atoms with van der Waals surface area (Å²) in [7, 11) is 0. The average molecular weight is 603 g/mol. The van der Waals surface area contributed by atoms with Gasteiger partial charge in [0.05, 0.1) is 12.2 Å². The highest BCUT2D eigenvalue weighted by Crippen LogP contribution is 2.30. The van der Waals surface area contributed by atoms with Crippen LogP contribution in [0.3, 0.4) is 0 Å². The number of esters is 1. The number of carbonyl (C=O) groups is 1. The topological polar surface area (TPSA) is 60.5 Å². The number of aryl methyl sites for hydroxylation is 3. The van der Waals surface area contributed by atoms with Gasteiger partial charge in [-0.05, 0) is 110 Å². The maximum Gasteiger partial charge on any atom is 0.416 e. The molecule has 4 aromatic rings. The molecule has 1 unspecified atom stereocenters. The molecule has 1 aliphatic rings. The van der Waals surface area contributed by atoms with Gasteiger partial charge in [-0.15, -0.1) is 0 Å². The number of carbonyl (C=O) groups excluding carboxylic acids is 1. The van der Waals surface area contributed by atoms with Crippen molar-refractivity contribution in [2.75, 3.05) is 13.2 Å². The standard InChI is InChI=1S/C36H37F3N2O3/c1-2-43-35(42)34-20-19-31-32(7-4-8-33(31)41-34)40-22-21-27-5-3-6-30(23-27)44-24-28-13-11-25(12-14-28)9-10-26-15-17-29(18-16-26)36(37,38)39/h3,5-6,11-20,23,32,40H,2,4,7-10,21-22,24H2,1H3. The van der Waals surface area contributed by atoms with Crippen LogP contribution >= 0.6 is 0 Å². The van der Waals surface area contributed by atoms with E-state index in [4.69, 9.17) is 9.47 Å². The van der Waals surface area contributed by atoms with Crippen molar-refractivity contribution in [1.82, 2.24) is 10.3 Å². The molecule has 0 fully saturated rings. The van der Waals surface area contributed by atoms with Crippen LogP contribution in [0.2, 0.25) is 0 Å². The molecule has 0 amide bonds. The first-order valence-corrected chi connectivity index (χ1v) is 15.1. The molecule has 1 heterocycles. The zero-order chi connectivity index (χ0) is 30.9. The molecule has 0 saturated carbocycles. The van der Waals surface area contributed by atoms with E-state index in [0.29, 0.717) is 25.3 Å². The fourth-order valence-electron chi connectivity index (χ4n) is 5.49. The minimum absolute atomic E-state index is 0.208. The summed E-state index contributed by atoms with van der Waals surface area (Å²) in [6.45, 7) is 3.38. The first-order valence-electron chi connectivity index (χ1n) is 15.1. The second-order valence-electron chi connectivity index (χ2n) is 11.0. The highest BCUT2D eigenvalue weighted by molar-refractivity contribution is 5.87. The van der Waals surface area contributed by atoms with Crippen molar-refractivity contribution in [1.29, 1.82) is 0 Å². The molecule has 0 bridgehead atoms. The Morgan fingerprint density at radius 1 is 0.886 bits per heavy atom. The summed E-state index contributed by atoms with van der Waals surface area (Å²) in [5.41, 5.74) is 6.12. The maximum atomic E-state index is 12.8. The number of nitrogens with zero attached hydrogens (tertiary/aromatic N) is 1. The largest absolute Gasteiger partial charge is 0.489 e. The number of aromatic nitrogens is 1. The van der Waals surface area contributed by atoms with E-state index < -0.39 is 11.7 Å². The third-order valence-electron chi connectivity index (χ3n) is 7.89. The Morgan fingerprint density at radius 3 is 2.30 bits per heavy atom. The van der Waals surface area contributed by atoms with E-state index in [0.717, 1.165) is 84.5 Å². The van der Waals surface area contributed by atoms with Gasteiger partial charge in [-0.2, -0.15) is 13.2 Å². The molecule has 0 spiro atoms. The second-order valence-corrected chi connectivity index (χ2v) is 11.0. The van der Waals surface area contributed by atoms with Crippen molar-refractivity contribution in [2.24, 2.45) is 0 Å². The van der Waals surface area contributed by atoms with Gasteiger partial charge >= 0.3 is 12.1 Å². The van der Waals surface area contributed by atoms with E-state index in [-0.39, 0.29) is 12.0 Å². The number of fused-ring (bicyclic) bond motifs is 1. The molecule has 8 heteroatoms. The van der Waals surface area contributed by atoms with Crippen molar-refractivity contribution in [3.63, 3.8) is 0 Å². The third-order valence-corrected chi connectivity index (χ3v) is 7.89. The fourth-order valence-corrected chi connectivity index (χ4v) is 5.49. The van der Waals surface area contributed by atoms with Crippen LogP contribution in [0, 0.1) is 0 Å². The average Bonchev–Trinajstić information content (AvgIpc) is 3.03. The molecule has 5 nitrogen and oxygen atoms in total. The monoisotopic (exact) mass is 602 g/mol. The van der Waals surface area contributed by atoms with Gasteiger partial charge in [0, 0.05) is 11.7 Å². The number of benzene rings is 3. The van der Waals surface area contributed by atoms with Crippen LogP contribution in [0.1, 0.15) is 75.4 Å². The van der Waals surface area contributed by atoms with E-state index in [1.807, 2.05) is 42.5 Å². The number of ether oxygens (including phenoxy) is 2. The summed E-state index contributed by atoms with van der Waals surface area (Å²) < 4.78 is 49.5. The summed E-state index contributed by atoms with van der Waals surface area (Å²) in [6.07, 6.45) is 0.889. The molecule has 0 aliphatic heterocycles. The quantitative estimate of drug-likeness (QED) is 0.167. The molecule has 0 saturated heterocycles. The normalized spacial score (nSPS) is 14.6. The molecular weight excluding hydrogens is 565 g/mol. The van der Waals surface area contributed by atoms with Crippen LogP contribution in [0.15, 0.2) is 84.9 Å². The molecule has 44 heavy (non-hydrogen) atoms. The number of alkyl halides is 3. The highest BCUT2D eigenvalue weighted by Gasteiger charge is 2.30. The lowest BCUT2D eigenvalue weighted by molar-refractivity contribution is -0.137. The first kappa shape index (κ1) is 31.3. The fraction of sp³-hybridized carbons (Fsp3) is 0.333. The molecule has 1 N–H and O–H groups in total. The number of halogens is 3. The Balaban J connectivity index is 1.07. The van der Waals surface area contributed by atoms with E-state index in [1.165, 1.54) is 5.56 Å². The Hall–Kier alpha value is -4.17. The van der Waals surface area contributed by atoms with Gasteiger partial charge in [0.1, 0.15) is 18.1 Å². The number of nitrogens with one attached hydrogen (secondary N) is 1. The lowest BCUT2D eigenvalue weighted by atomic mass is 9.91. The first-order chi connectivity index (χ1) is 21.3. The van der Waals surface area contributed by atoms with E-state index in [9.17, 15) is 18.0 Å². The van der Waals surface area contributed by atoms with Gasteiger partial charge < -0.3 is 14.8 Å². The lowest BCUT2D eigenvalue weighted by Crippen LogP contribution is -2.28. The number of rotatable bonds is 12. The zero-order valence-corrected chi connectivity index (χ0v) is 24.8. The van der Waals surface area contributed by atoms with Crippen LogP contribution in [-0.2, 0) is 43.2 Å². The Labute approximate surface area is 256 Å². The minimum Gasteiger partial charge on any atom is -0.489 e. The molecule has 230 valence electrons. The highest BCUT2D eigenvalue weighted by atomic mass is 19.4. The van der Waals surface area contributed by atoms with Crippen LogP contribution < -0.4 is 10.1 Å². The summed E-state index contributed by atoms with van der Waals surface area (Å²) in [5, 5.41) is 3.67. The minimum atomic E-state index is -4.31. The van der Waals surface area contributed by atoms with Crippen LogP contribution in [0.25, 0.3) is 0 Å². The van der Waals surface area contributed by atoms with Crippen LogP contribution in [0.5, 0.6) is 5.75 Å². The molecular formula is C36H37F3N2O3. The van der Waals surface area contributed by atoms with Gasteiger partial charge in [-0.3, -0.25) is 0 Å². The zero-order valence-electron chi connectivity index (χ0n) is 24.8. The number of pyridine rings is 1. The summed E-state index contributed by atoms with van der Waals surface area (Å²) >= 11 is 0. The second kappa shape index (κ2) is 14.5. The summed E-state index contributed by atoms with van der Waals surface area (Å²) in [5.74, 6) is 0.437. The smallest absolute Gasteiger partial charge is 0.416 e. The van der Waals surface area contributed by atoms with Crippen molar-refractivity contribution in [3.8, 4) is 5.75 Å². The summed E-state index contributed by atoms with van der Waals surface area (Å²) in [4.78, 5) is 16.7. The predicted octanol–water partition coefficient (Wildman–Crippen LogP) is 7.85. The Kier molecular flexibility index (Phi) is 10.3. The molecule has 5 rings (SSSR count). The van der Waals surface area contributed by atoms with Gasteiger partial charge in [0.25, 0.3) is 0 Å².